The van der Waals surface area contributed by atoms with Gasteiger partial charge in [-0.3, -0.25) is 14.4 Å². The van der Waals surface area contributed by atoms with Crippen molar-refractivity contribution in [2.24, 2.45) is 0 Å². The van der Waals surface area contributed by atoms with Crippen molar-refractivity contribution in [2.75, 3.05) is 13.2 Å². The molecule has 0 aromatic rings. The molecule has 0 fully saturated rings. The summed E-state index contributed by atoms with van der Waals surface area (Å²) in [5.74, 6) is -0.845. The van der Waals surface area contributed by atoms with E-state index in [1.807, 2.05) is 0 Å². The zero-order valence-electron chi connectivity index (χ0n) is 55.8. The Morgan fingerprint density at radius 1 is 0.244 bits per heavy atom. The fourth-order valence-electron chi connectivity index (χ4n) is 11.6. The summed E-state index contributed by atoms with van der Waals surface area (Å²) in [7, 11) is 0. The maximum atomic E-state index is 12.9. The van der Waals surface area contributed by atoms with Gasteiger partial charge in [0.2, 0.25) is 0 Å². The van der Waals surface area contributed by atoms with Crippen molar-refractivity contribution in [1.82, 2.24) is 0 Å². The Balaban J connectivity index is 4.06. The number of unbranched alkanes of at least 4 members (excludes halogenated alkanes) is 55. The summed E-state index contributed by atoms with van der Waals surface area (Å²) >= 11 is 0. The molecule has 0 amide bonds. The van der Waals surface area contributed by atoms with Crippen LogP contribution in [0.1, 0.15) is 425 Å². The van der Waals surface area contributed by atoms with Gasteiger partial charge in [0.1, 0.15) is 13.2 Å². The molecule has 0 radical (unpaired) electrons. The second kappa shape index (κ2) is 71.4. The standard InChI is InChI=1S/C76H144O6/c1-4-7-10-13-16-19-22-25-27-29-30-31-32-33-34-35-36-37-38-39-40-41-42-43-44-45-47-48-51-54-57-60-63-66-69-75(78)81-72-73(71-80-74(77)68-65-62-59-56-53-50-24-21-18-15-12-9-6-3)82-76(79)70-67-64-61-58-55-52-49-46-28-26-23-20-17-14-11-8-5-2/h17,20,26,28,73H,4-16,18-19,21-25,27,29-72H2,1-3H3/b20-17-,28-26-. The maximum absolute atomic E-state index is 12.9. The van der Waals surface area contributed by atoms with Gasteiger partial charge in [-0.15, -0.1) is 0 Å². The van der Waals surface area contributed by atoms with Gasteiger partial charge in [-0.05, 0) is 51.4 Å². The van der Waals surface area contributed by atoms with Gasteiger partial charge in [0, 0.05) is 19.3 Å². The number of hydrogen-bond acceptors (Lipinski definition) is 6. The summed E-state index contributed by atoms with van der Waals surface area (Å²) in [5.41, 5.74) is 0. The lowest BCUT2D eigenvalue weighted by atomic mass is 10.0. The molecule has 0 aliphatic rings. The molecule has 0 saturated carbocycles. The van der Waals surface area contributed by atoms with Crippen LogP contribution in [0.2, 0.25) is 0 Å². The third-order valence-electron chi connectivity index (χ3n) is 17.2. The Bertz CT molecular complexity index is 1320. The normalized spacial score (nSPS) is 12.1. The molecular weight excluding hydrogens is 1010 g/mol. The zero-order valence-corrected chi connectivity index (χ0v) is 55.8. The largest absolute Gasteiger partial charge is 0.462 e. The van der Waals surface area contributed by atoms with Crippen LogP contribution in [0.25, 0.3) is 0 Å². The minimum Gasteiger partial charge on any atom is -0.462 e. The Labute approximate surface area is 513 Å². The molecular formula is C76H144O6. The summed E-state index contributed by atoms with van der Waals surface area (Å²) in [6, 6.07) is 0. The van der Waals surface area contributed by atoms with E-state index in [1.165, 1.54) is 315 Å². The number of allylic oxidation sites excluding steroid dienone is 4. The van der Waals surface area contributed by atoms with Crippen molar-refractivity contribution in [3.8, 4) is 0 Å². The van der Waals surface area contributed by atoms with Gasteiger partial charge in [0.15, 0.2) is 6.10 Å². The first-order valence-electron chi connectivity index (χ1n) is 37.3. The van der Waals surface area contributed by atoms with E-state index < -0.39 is 6.10 Å². The molecule has 6 nitrogen and oxygen atoms in total. The smallest absolute Gasteiger partial charge is 0.306 e. The first kappa shape index (κ1) is 79.9. The second-order valence-electron chi connectivity index (χ2n) is 25.6. The van der Waals surface area contributed by atoms with Crippen LogP contribution in [-0.4, -0.2) is 37.2 Å². The molecule has 1 atom stereocenters. The Kier molecular flexibility index (Phi) is 69.5. The van der Waals surface area contributed by atoms with Crippen LogP contribution in [0.15, 0.2) is 24.3 Å². The molecule has 82 heavy (non-hydrogen) atoms. The van der Waals surface area contributed by atoms with Gasteiger partial charge in [0.05, 0.1) is 0 Å². The van der Waals surface area contributed by atoms with Crippen molar-refractivity contribution >= 4 is 17.9 Å². The van der Waals surface area contributed by atoms with Crippen LogP contribution in [-0.2, 0) is 28.6 Å². The average molecular weight is 1150 g/mol. The highest BCUT2D eigenvalue weighted by Gasteiger charge is 2.20. The van der Waals surface area contributed by atoms with Gasteiger partial charge in [0.25, 0.3) is 0 Å². The number of carbonyl (C=O) groups is 3. The van der Waals surface area contributed by atoms with Crippen molar-refractivity contribution in [1.29, 1.82) is 0 Å². The van der Waals surface area contributed by atoms with Gasteiger partial charge >= 0.3 is 17.9 Å². The first-order chi connectivity index (χ1) is 40.5. The minimum atomic E-state index is -0.772. The third-order valence-corrected chi connectivity index (χ3v) is 17.2. The SMILES string of the molecule is CCCCC/C=C\C/C=C\CCCCCCCCCC(=O)OC(COC(=O)CCCCCCCCCCCCCCC)COC(=O)CCCCCCCCCCCCCCCCCCCCCCCCCCCCCCCCCCCC. The predicted molar refractivity (Wildman–Crippen MR) is 358 cm³/mol. The number of hydrogen-bond donors (Lipinski definition) is 0. The van der Waals surface area contributed by atoms with E-state index in [0.29, 0.717) is 19.3 Å². The van der Waals surface area contributed by atoms with Gasteiger partial charge in [-0.1, -0.05) is 379 Å². The summed E-state index contributed by atoms with van der Waals surface area (Å²) in [6.45, 7) is 6.69. The fraction of sp³-hybridized carbons (Fsp3) is 0.908. The molecule has 1 unspecified atom stereocenters. The van der Waals surface area contributed by atoms with Crippen molar-refractivity contribution in [2.45, 2.75) is 431 Å². The topological polar surface area (TPSA) is 78.9 Å². The zero-order chi connectivity index (χ0) is 59.2. The van der Waals surface area contributed by atoms with E-state index in [1.54, 1.807) is 0 Å². The van der Waals surface area contributed by atoms with Gasteiger partial charge in [-0.25, -0.2) is 0 Å². The summed E-state index contributed by atoms with van der Waals surface area (Å²) in [6.07, 6.45) is 88.1. The highest BCUT2D eigenvalue weighted by atomic mass is 16.6. The quantitative estimate of drug-likeness (QED) is 0.0261. The van der Waals surface area contributed by atoms with E-state index in [9.17, 15) is 14.4 Å². The molecule has 0 rings (SSSR count). The first-order valence-corrected chi connectivity index (χ1v) is 37.3. The summed E-state index contributed by atoms with van der Waals surface area (Å²) < 4.78 is 17.0. The lowest BCUT2D eigenvalue weighted by Gasteiger charge is -2.18. The third kappa shape index (κ3) is 68.7. The average Bonchev–Trinajstić information content (AvgIpc) is 3.47. The molecule has 0 N–H and O–H groups in total. The molecule has 0 aliphatic carbocycles. The molecule has 0 aromatic heterocycles. The Morgan fingerprint density at radius 2 is 0.439 bits per heavy atom. The van der Waals surface area contributed by atoms with Crippen LogP contribution in [0.5, 0.6) is 0 Å². The van der Waals surface area contributed by atoms with Gasteiger partial charge < -0.3 is 14.2 Å². The monoisotopic (exact) mass is 1150 g/mol. The summed E-state index contributed by atoms with van der Waals surface area (Å²) in [5, 5.41) is 0. The highest BCUT2D eigenvalue weighted by molar-refractivity contribution is 5.71. The Hall–Kier alpha value is -2.11. The number of carbonyl (C=O) groups excluding carboxylic acids is 3. The van der Waals surface area contributed by atoms with Gasteiger partial charge in [-0.2, -0.15) is 0 Å². The molecule has 0 aliphatic heterocycles. The number of ether oxygens (including phenoxy) is 3. The van der Waals surface area contributed by atoms with E-state index in [-0.39, 0.29) is 31.1 Å². The highest BCUT2D eigenvalue weighted by Crippen LogP contribution is 2.19. The van der Waals surface area contributed by atoms with Crippen molar-refractivity contribution in [3.63, 3.8) is 0 Å². The minimum absolute atomic E-state index is 0.0683. The predicted octanol–water partition coefficient (Wildman–Crippen LogP) is 25.7. The number of esters is 3. The molecule has 0 aromatic carbocycles. The lowest BCUT2D eigenvalue weighted by molar-refractivity contribution is -0.167. The fourth-order valence-corrected chi connectivity index (χ4v) is 11.6. The van der Waals surface area contributed by atoms with E-state index in [4.69, 9.17) is 14.2 Å². The molecule has 0 heterocycles. The summed E-state index contributed by atoms with van der Waals surface area (Å²) in [4.78, 5) is 38.4. The van der Waals surface area contributed by atoms with Crippen LogP contribution >= 0.6 is 0 Å². The molecule has 0 spiro atoms. The van der Waals surface area contributed by atoms with E-state index >= 15 is 0 Å². The molecule has 0 saturated heterocycles. The molecule has 0 bridgehead atoms. The maximum Gasteiger partial charge on any atom is 0.306 e. The number of rotatable bonds is 70. The van der Waals surface area contributed by atoms with Crippen LogP contribution in [0.4, 0.5) is 0 Å². The molecule has 484 valence electrons. The molecule has 6 heteroatoms. The second-order valence-corrected chi connectivity index (χ2v) is 25.6. The van der Waals surface area contributed by atoms with E-state index in [0.717, 1.165) is 70.6 Å². The lowest BCUT2D eigenvalue weighted by Crippen LogP contribution is -2.30. The van der Waals surface area contributed by atoms with Crippen LogP contribution < -0.4 is 0 Å². The van der Waals surface area contributed by atoms with E-state index in [2.05, 4.69) is 45.1 Å². The van der Waals surface area contributed by atoms with Crippen LogP contribution in [0.3, 0.4) is 0 Å². The van der Waals surface area contributed by atoms with Crippen molar-refractivity contribution in [3.05, 3.63) is 24.3 Å². The van der Waals surface area contributed by atoms with Crippen LogP contribution in [0, 0.1) is 0 Å². The Morgan fingerprint density at radius 3 is 0.695 bits per heavy atom. The van der Waals surface area contributed by atoms with Crippen molar-refractivity contribution < 1.29 is 28.6 Å².